The Balaban J connectivity index is 0.000000331. The Morgan fingerprint density at radius 3 is 1.29 bits per heavy atom. The van der Waals surface area contributed by atoms with Gasteiger partial charge < -0.3 is 39.0 Å². The average molecular weight is 917 g/mol. The third-order valence-corrected chi connectivity index (χ3v) is 11.5. The maximum absolute atomic E-state index is 12.7. The highest BCUT2D eigenvalue weighted by Crippen LogP contribution is 2.34. The number of rotatable bonds is 21. The first kappa shape index (κ1) is 51.6. The van der Waals surface area contributed by atoms with E-state index < -0.39 is 53.2 Å². The Labute approximate surface area is 364 Å². The lowest BCUT2D eigenvalue weighted by Gasteiger charge is -2.26. The van der Waals surface area contributed by atoms with Crippen molar-refractivity contribution in [3.8, 4) is 23.0 Å². The molecule has 0 aliphatic rings. The zero-order valence-electron chi connectivity index (χ0n) is 34.7. The number of alkyl halides is 6. The molecule has 0 saturated carbocycles. The number of aryl methyl sites for hydroxylation is 2. The molecule has 3 N–H and O–H groups in total. The smallest absolute Gasteiger partial charge is 0.416 e. The Hall–Kier alpha value is -4.78. The molecular weight excluding hydrogens is 867 g/mol. The van der Waals surface area contributed by atoms with Gasteiger partial charge in [0.2, 0.25) is 0 Å². The van der Waals surface area contributed by atoms with E-state index in [0.29, 0.717) is 42.5 Å². The Morgan fingerprint density at radius 2 is 0.968 bits per heavy atom. The number of carbonyl (C=O) groups is 2. The maximum Gasteiger partial charge on any atom is 0.416 e. The molecule has 0 aromatic heterocycles. The molecule has 4 aromatic carbocycles. The molecule has 2 atom stereocenters. The highest BCUT2D eigenvalue weighted by Gasteiger charge is 2.32. The molecule has 0 bridgehead atoms. The summed E-state index contributed by atoms with van der Waals surface area (Å²) in [4.78, 5) is 23.8. The van der Waals surface area contributed by atoms with Crippen molar-refractivity contribution in [3.05, 3.63) is 107 Å². The molecule has 0 radical (unpaired) electrons. The third-order valence-electron chi connectivity index (χ3n) is 9.00. The molecule has 0 spiro atoms. The molecule has 0 amide bonds. The van der Waals surface area contributed by atoms with Crippen LogP contribution in [0.2, 0.25) is 0 Å². The highest BCUT2D eigenvalue weighted by molar-refractivity contribution is 7.99. The van der Waals surface area contributed by atoms with Crippen LogP contribution in [-0.2, 0) is 26.7 Å². The second-order valence-electron chi connectivity index (χ2n) is 14.0. The molecule has 18 heteroatoms. The van der Waals surface area contributed by atoms with Crippen LogP contribution in [0, 0.1) is 13.8 Å². The molecule has 0 aliphatic carbocycles. The third kappa shape index (κ3) is 17.5. The highest BCUT2D eigenvalue weighted by atomic mass is 32.2. The van der Waals surface area contributed by atoms with Crippen LogP contribution in [0.5, 0.6) is 23.0 Å². The first-order valence-electron chi connectivity index (χ1n) is 19.2. The quantitative estimate of drug-likeness (QED) is 0.0416. The normalized spacial score (nSPS) is 13.4. The van der Waals surface area contributed by atoms with Gasteiger partial charge in [-0.1, -0.05) is 13.8 Å². The Bertz CT molecular complexity index is 2030. The van der Waals surface area contributed by atoms with Crippen LogP contribution in [0.3, 0.4) is 0 Å². The number of thioether (sulfide) groups is 2. The summed E-state index contributed by atoms with van der Waals surface area (Å²) in [5, 5.41) is 30.3. The minimum absolute atomic E-state index is 0.0540. The van der Waals surface area contributed by atoms with Gasteiger partial charge in [-0.25, -0.2) is 9.59 Å². The zero-order valence-corrected chi connectivity index (χ0v) is 36.4. The molecular formula is C44H50F6O10S2. The molecule has 0 heterocycles. The van der Waals surface area contributed by atoms with Crippen molar-refractivity contribution in [3.63, 3.8) is 0 Å². The predicted octanol–water partition coefficient (Wildman–Crippen LogP) is 10.1. The average Bonchev–Trinajstić information content (AvgIpc) is 3.23. The van der Waals surface area contributed by atoms with Crippen LogP contribution in [0.4, 0.5) is 26.3 Å². The maximum atomic E-state index is 12.7. The lowest BCUT2D eigenvalue weighted by molar-refractivity contribution is -0.145. The first-order valence-corrected chi connectivity index (χ1v) is 21.2. The number of aliphatic hydroxyl groups is 2. The summed E-state index contributed by atoms with van der Waals surface area (Å²) in [6, 6.07) is 19.4. The van der Waals surface area contributed by atoms with Crippen molar-refractivity contribution in [2.75, 3.05) is 44.5 Å². The molecule has 0 aliphatic heterocycles. The monoisotopic (exact) mass is 916 g/mol. The van der Waals surface area contributed by atoms with Gasteiger partial charge in [0.1, 0.15) is 47.4 Å². The minimum Gasteiger partial charge on any atom is -0.491 e. The van der Waals surface area contributed by atoms with E-state index in [-0.39, 0.29) is 31.3 Å². The number of carbonyl (C=O) groups excluding carboxylic acids is 1. The lowest BCUT2D eigenvalue weighted by atomic mass is 10.1. The van der Waals surface area contributed by atoms with E-state index in [1.54, 1.807) is 39.0 Å². The molecule has 340 valence electrons. The number of hydrogen-bond acceptors (Lipinski definition) is 11. The van der Waals surface area contributed by atoms with Crippen molar-refractivity contribution in [2.45, 2.75) is 80.8 Å². The Morgan fingerprint density at radius 1 is 0.581 bits per heavy atom. The number of halogens is 6. The van der Waals surface area contributed by atoms with Crippen LogP contribution in [0.25, 0.3) is 0 Å². The van der Waals surface area contributed by atoms with Crippen LogP contribution >= 0.6 is 23.5 Å². The van der Waals surface area contributed by atoms with Crippen LogP contribution in [-0.4, -0.2) is 83.0 Å². The fraction of sp³-hybridized carbons (Fsp3) is 0.409. The number of ether oxygens (including phenoxy) is 5. The molecule has 10 nitrogen and oxygen atoms in total. The molecule has 4 rings (SSSR count). The number of hydrogen-bond donors (Lipinski definition) is 3. The summed E-state index contributed by atoms with van der Waals surface area (Å²) in [5.41, 5.74) is -2.26. The van der Waals surface area contributed by atoms with E-state index in [1.807, 2.05) is 32.0 Å². The number of benzene rings is 4. The van der Waals surface area contributed by atoms with Crippen molar-refractivity contribution in [1.82, 2.24) is 0 Å². The van der Waals surface area contributed by atoms with E-state index >= 15 is 0 Å². The van der Waals surface area contributed by atoms with Gasteiger partial charge in [-0.3, -0.25) is 0 Å². The van der Waals surface area contributed by atoms with Gasteiger partial charge in [0.15, 0.2) is 13.2 Å². The number of carboxylic acids is 1. The largest absolute Gasteiger partial charge is 0.491 e. The van der Waals surface area contributed by atoms with Gasteiger partial charge in [-0.15, -0.1) is 23.5 Å². The van der Waals surface area contributed by atoms with Crippen molar-refractivity contribution < 1.29 is 74.9 Å². The van der Waals surface area contributed by atoms with Gasteiger partial charge in [-0.05, 0) is 130 Å². The van der Waals surface area contributed by atoms with Gasteiger partial charge in [0, 0.05) is 21.3 Å². The number of esters is 1. The topological polar surface area (TPSA) is 141 Å². The van der Waals surface area contributed by atoms with E-state index in [2.05, 4.69) is 0 Å². The zero-order chi connectivity index (χ0) is 46.1. The summed E-state index contributed by atoms with van der Waals surface area (Å²) in [6.45, 7) is 8.55. The summed E-state index contributed by atoms with van der Waals surface area (Å²) >= 11 is 2.81. The summed E-state index contributed by atoms with van der Waals surface area (Å²) in [6.07, 6.45) is -8.03. The van der Waals surface area contributed by atoms with Crippen LogP contribution in [0.1, 0.15) is 55.9 Å². The fourth-order valence-electron chi connectivity index (χ4n) is 5.07. The second-order valence-corrected chi connectivity index (χ2v) is 16.1. The molecule has 62 heavy (non-hydrogen) atoms. The Kier molecular flexibility index (Phi) is 19.6. The van der Waals surface area contributed by atoms with E-state index in [1.165, 1.54) is 47.8 Å². The number of carboxylic acid groups (broad SMARTS) is 1. The SMILES string of the molecule is CCC(O)(COc1ccc(C(F)(F)F)cc1)CSc1ccc(OCC(=O)O)c(C)c1.CCOC(=O)COc1ccc(SCC(O)(CC)COc2ccc(C(F)(F)F)cc2)cc1C. The van der Waals surface area contributed by atoms with Gasteiger partial charge in [0.25, 0.3) is 0 Å². The number of aliphatic carboxylic acids is 1. The second kappa shape index (κ2) is 23.6. The van der Waals surface area contributed by atoms with Gasteiger partial charge >= 0.3 is 24.3 Å². The van der Waals surface area contributed by atoms with Crippen molar-refractivity contribution in [1.29, 1.82) is 0 Å². The van der Waals surface area contributed by atoms with Crippen molar-refractivity contribution >= 4 is 35.5 Å². The van der Waals surface area contributed by atoms with Crippen LogP contribution in [0.15, 0.2) is 94.7 Å². The lowest BCUT2D eigenvalue weighted by Crippen LogP contribution is -2.38. The van der Waals surface area contributed by atoms with E-state index in [0.717, 1.165) is 45.2 Å². The minimum atomic E-state index is -4.41. The summed E-state index contributed by atoms with van der Waals surface area (Å²) in [7, 11) is 0. The van der Waals surface area contributed by atoms with Crippen molar-refractivity contribution in [2.24, 2.45) is 0 Å². The molecule has 0 saturated heterocycles. The standard InChI is InChI=1S/C23H27F3O5S.C21H23F3O5S/c1-4-22(28,14-31-18-8-6-17(7-9-18)23(24,25)26)15-32-19-10-11-20(16(3)12-19)30-13-21(27)29-5-2;1-3-20(27,12-29-16-6-4-15(5-7-16)21(22,23)24)13-30-17-8-9-18(14(2)10-17)28-11-19(25)26/h6-12,28H,4-5,13-15H2,1-3H3;4-10,27H,3,11-13H2,1-2H3,(H,25,26). The molecule has 0 fully saturated rings. The molecule has 4 aromatic rings. The van der Waals surface area contributed by atoms with E-state index in [9.17, 15) is 46.1 Å². The first-order chi connectivity index (χ1) is 29.1. The van der Waals surface area contributed by atoms with E-state index in [4.69, 9.17) is 28.8 Å². The predicted molar refractivity (Wildman–Crippen MR) is 223 cm³/mol. The van der Waals surface area contributed by atoms with Gasteiger partial charge in [0.05, 0.1) is 17.7 Å². The molecule has 2 unspecified atom stereocenters. The summed E-state index contributed by atoms with van der Waals surface area (Å²) < 4.78 is 102. The summed E-state index contributed by atoms with van der Waals surface area (Å²) in [5.74, 6) is 0.674. The van der Waals surface area contributed by atoms with Gasteiger partial charge in [-0.2, -0.15) is 26.3 Å². The fourth-order valence-corrected chi connectivity index (χ4v) is 7.36. The van der Waals surface area contributed by atoms with Crippen LogP contribution < -0.4 is 18.9 Å².